The smallest absolute Gasteiger partial charge is 0.269 e. The van der Waals surface area contributed by atoms with Crippen LogP contribution in [0.25, 0.3) is 0 Å². The Hall–Kier alpha value is -1.60. The second kappa shape index (κ2) is 7.80. The number of carbonyl (C=O) groups excluding carboxylic acids is 2. The average molecular weight is 446 g/mol. The maximum absolute atomic E-state index is 12.7. The molecule has 8 nitrogen and oxygen atoms in total. The lowest BCUT2D eigenvalue weighted by Gasteiger charge is -2.21. The molecule has 12 heteroatoms. The van der Waals surface area contributed by atoms with Crippen LogP contribution in [-0.4, -0.2) is 52.9 Å². The number of carbonyl (C=O) groups is 2. The number of carboxylic acids is 1. The predicted octanol–water partition coefficient (Wildman–Crippen LogP) is 0.656. The van der Waals surface area contributed by atoms with Crippen molar-refractivity contribution in [3.63, 3.8) is 0 Å². The molecule has 0 radical (unpaired) electrons. The summed E-state index contributed by atoms with van der Waals surface area (Å²) < 4.78 is 31.1. The van der Waals surface area contributed by atoms with E-state index in [2.05, 4.69) is 0 Å². The largest absolute Gasteiger partial charge is 0.548 e. The Balaban J connectivity index is 1.93. The highest BCUT2D eigenvalue weighted by atomic mass is 32.2. The normalized spacial score (nSPS) is 19.7. The molecule has 1 fully saturated rings. The van der Waals surface area contributed by atoms with Gasteiger partial charge in [0.2, 0.25) is 0 Å². The van der Waals surface area contributed by atoms with Gasteiger partial charge in [0.25, 0.3) is 16.0 Å². The van der Waals surface area contributed by atoms with Crippen molar-refractivity contribution in [2.45, 2.75) is 11.3 Å². The van der Waals surface area contributed by atoms with E-state index in [-0.39, 0.29) is 22.2 Å². The molecule has 2 aliphatic heterocycles. The van der Waals surface area contributed by atoms with Crippen molar-refractivity contribution in [1.29, 1.82) is 0 Å². The number of anilines is 1. The molecule has 1 saturated heterocycles. The highest BCUT2D eigenvalue weighted by molar-refractivity contribution is 8.27. The van der Waals surface area contributed by atoms with E-state index >= 15 is 0 Å². The van der Waals surface area contributed by atoms with Crippen LogP contribution in [0.15, 0.2) is 39.1 Å². The second-order valence-electron chi connectivity index (χ2n) is 5.63. The first-order chi connectivity index (χ1) is 12.7. The summed E-state index contributed by atoms with van der Waals surface area (Å²) in [6.45, 7) is -0.370. The Morgan fingerprint density at radius 2 is 1.93 bits per heavy atom. The maximum Gasteiger partial charge on any atom is 0.269 e. The molecule has 1 amide bonds. The second-order valence-corrected chi connectivity index (χ2v) is 9.87. The number of para-hydroxylation sites is 1. The molecule has 0 bridgehead atoms. The molecule has 1 aromatic rings. The van der Waals surface area contributed by atoms with Crippen LogP contribution in [0.2, 0.25) is 0 Å². The molecular formula is C15H13N2O6S4-. The average Bonchev–Trinajstić information content (AvgIpc) is 3.06. The third-order valence-corrected chi connectivity index (χ3v) is 7.28. The van der Waals surface area contributed by atoms with Gasteiger partial charge in [-0.1, -0.05) is 47.9 Å². The first-order valence-corrected chi connectivity index (χ1v) is 11.3. The quantitative estimate of drug-likeness (QED) is 0.380. The standard InChI is InChI=1S/C15H14N2O6S4/c18-11(19)8-17-13(20)12(26-15(17)24)14-16(6-3-7-27(21,22)23)9-4-1-2-5-10(9)25-14/h1-2,4-5H,3,6-8H2,(H,18,19)(H,21,22,23)/p-1/b14-12+. The summed E-state index contributed by atoms with van der Waals surface area (Å²) in [5.41, 5.74) is 0.804. The van der Waals surface area contributed by atoms with E-state index in [0.29, 0.717) is 5.03 Å². The van der Waals surface area contributed by atoms with E-state index in [1.807, 2.05) is 24.3 Å². The monoisotopic (exact) mass is 445 g/mol. The number of thiocarbonyl (C=S) groups is 1. The van der Waals surface area contributed by atoms with Gasteiger partial charge in [0, 0.05) is 11.4 Å². The third kappa shape index (κ3) is 4.46. The van der Waals surface area contributed by atoms with Gasteiger partial charge in [-0.15, -0.1) is 0 Å². The summed E-state index contributed by atoms with van der Waals surface area (Å²) in [5, 5.41) is 11.4. The fraction of sp³-hybridized carbons (Fsp3) is 0.267. The minimum atomic E-state index is -4.09. The number of hydrogen-bond acceptors (Lipinski definition) is 9. The fourth-order valence-corrected chi connectivity index (χ4v) is 5.71. The summed E-state index contributed by atoms with van der Waals surface area (Å²) in [5.74, 6) is -2.34. The Labute approximate surface area is 169 Å². The zero-order valence-corrected chi connectivity index (χ0v) is 16.9. The Kier molecular flexibility index (Phi) is 5.82. The molecule has 0 aliphatic carbocycles. The van der Waals surface area contributed by atoms with Gasteiger partial charge in [-0.25, -0.2) is 0 Å². The summed E-state index contributed by atoms with van der Waals surface area (Å²) in [6, 6.07) is 7.36. The van der Waals surface area contributed by atoms with Crippen LogP contribution in [0.4, 0.5) is 5.69 Å². The molecule has 2 heterocycles. The minimum Gasteiger partial charge on any atom is -0.548 e. The van der Waals surface area contributed by atoms with E-state index < -0.39 is 34.3 Å². The third-order valence-electron chi connectivity index (χ3n) is 3.72. The molecule has 0 unspecified atom stereocenters. The number of nitrogens with zero attached hydrogens (tertiary/aromatic N) is 2. The summed E-state index contributed by atoms with van der Waals surface area (Å²) >= 11 is 7.44. The van der Waals surface area contributed by atoms with Crippen LogP contribution in [0.1, 0.15) is 6.42 Å². The van der Waals surface area contributed by atoms with Gasteiger partial charge in [-0.05, 0) is 18.6 Å². The topological polar surface area (TPSA) is 118 Å². The molecule has 0 saturated carbocycles. The lowest BCUT2D eigenvalue weighted by Crippen LogP contribution is -2.40. The van der Waals surface area contributed by atoms with Crippen LogP contribution < -0.4 is 10.0 Å². The van der Waals surface area contributed by atoms with Crippen LogP contribution in [0.5, 0.6) is 0 Å². The van der Waals surface area contributed by atoms with Crippen molar-refractivity contribution in [2.24, 2.45) is 0 Å². The first-order valence-electron chi connectivity index (χ1n) is 7.65. The van der Waals surface area contributed by atoms with Gasteiger partial charge in [0.05, 0.1) is 24.0 Å². The predicted molar refractivity (Wildman–Crippen MR) is 105 cm³/mol. The Morgan fingerprint density at radius 3 is 2.59 bits per heavy atom. The Morgan fingerprint density at radius 1 is 1.22 bits per heavy atom. The number of benzene rings is 1. The van der Waals surface area contributed by atoms with Crippen molar-refractivity contribution in [2.75, 3.05) is 23.7 Å². The van der Waals surface area contributed by atoms with Crippen LogP contribution >= 0.6 is 35.7 Å². The first kappa shape index (κ1) is 20.1. The number of carboxylic acid groups (broad SMARTS) is 1. The van der Waals surface area contributed by atoms with Crippen molar-refractivity contribution in [1.82, 2.24) is 4.90 Å². The molecule has 144 valence electrons. The van der Waals surface area contributed by atoms with Gasteiger partial charge >= 0.3 is 0 Å². The SMILES string of the molecule is O=C([O-])CN1C(=O)/C(=C2\Sc3ccccc3N2CCCS(=O)(=O)O)SC1=S. The maximum atomic E-state index is 12.7. The van der Waals surface area contributed by atoms with Gasteiger partial charge in [0.15, 0.2) is 0 Å². The lowest BCUT2D eigenvalue weighted by atomic mass is 10.3. The van der Waals surface area contributed by atoms with Gasteiger partial charge in [0.1, 0.15) is 14.3 Å². The van der Waals surface area contributed by atoms with Gasteiger partial charge in [-0.3, -0.25) is 14.2 Å². The Bertz CT molecular complexity index is 959. The van der Waals surface area contributed by atoms with Crippen molar-refractivity contribution < 1.29 is 27.7 Å². The van der Waals surface area contributed by atoms with Crippen LogP contribution in [0.3, 0.4) is 0 Å². The molecule has 1 N–H and O–H groups in total. The molecule has 0 spiro atoms. The van der Waals surface area contributed by atoms with Crippen molar-refractivity contribution >= 4 is 67.7 Å². The van der Waals surface area contributed by atoms with E-state index in [9.17, 15) is 23.1 Å². The van der Waals surface area contributed by atoms with E-state index in [1.165, 1.54) is 11.8 Å². The van der Waals surface area contributed by atoms with E-state index in [4.69, 9.17) is 16.8 Å². The van der Waals surface area contributed by atoms with Gasteiger partial charge in [-0.2, -0.15) is 8.42 Å². The van der Waals surface area contributed by atoms with Crippen molar-refractivity contribution in [3.8, 4) is 0 Å². The van der Waals surface area contributed by atoms with Crippen LogP contribution in [0, 0.1) is 0 Å². The number of aliphatic carboxylic acids is 1. The number of rotatable bonds is 6. The minimum absolute atomic E-state index is 0.126. The summed E-state index contributed by atoms with van der Waals surface area (Å²) in [6.07, 6.45) is 0.149. The molecule has 1 aromatic carbocycles. The van der Waals surface area contributed by atoms with E-state index in [0.717, 1.165) is 27.2 Å². The number of amides is 1. The number of fused-ring (bicyclic) bond motifs is 1. The zero-order valence-electron chi connectivity index (χ0n) is 13.7. The van der Waals surface area contributed by atoms with Crippen LogP contribution in [-0.2, 0) is 19.7 Å². The highest BCUT2D eigenvalue weighted by Gasteiger charge is 2.38. The lowest BCUT2D eigenvalue weighted by molar-refractivity contribution is -0.305. The molecule has 27 heavy (non-hydrogen) atoms. The number of hydrogen-bond donors (Lipinski definition) is 1. The highest BCUT2D eigenvalue weighted by Crippen LogP contribution is 2.50. The zero-order chi connectivity index (χ0) is 19.8. The summed E-state index contributed by atoms with van der Waals surface area (Å²) in [4.78, 5) is 27.5. The molecule has 3 rings (SSSR count). The van der Waals surface area contributed by atoms with Gasteiger partial charge < -0.3 is 14.8 Å². The fourth-order valence-electron chi connectivity index (χ4n) is 2.62. The molecular weight excluding hydrogens is 432 g/mol. The van der Waals surface area contributed by atoms with E-state index in [1.54, 1.807) is 4.90 Å². The molecule has 0 atom stereocenters. The number of thioether (sulfide) groups is 2. The van der Waals surface area contributed by atoms with Crippen molar-refractivity contribution in [3.05, 3.63) is 34.2 Å². The summed E-state index contributed by atoms with van der Waals surface area (Å²) in [7, 11) is -4.09. The molecule has 0 aromatic heterocycles. The molecule has 2 aliphatic rings.